The average molecular weight is 200 g/mol. The first-order valence-electron chi connectivity index (χ1n) is 4.27. The predicted octanol–water partition coefficient (Wildman–Crippen LogP) is 1.61. The highest BCUT2D eigenvalue weighted by Crippen LogP contribution is 2.23. The lowest BCUT2D eigenvalue weighted by Crippen LogP contribution is -2.33. The number of rotatable bonds is 3. The smallest absolute Gasteiger partial charge is 0.0985 e. The summed E-state index contributed by atoms with van der Waals surface area (Å²) in [7, 11) is 0. The maximum Gasteiger partial charge on any atom is 0.0985 e. The van der Waals surface area contributed by atoms with Crippen LogP contribution in [0.15, 0.2) is 5.38 Å². The van der Waals surface area contributed by atoms with Crippen LogP contribution in [0.5, 0.6) is 0 Å². The molecule has 74 valence electrons. The van der Waals surface area contributed by atoms with Crippen molar-refractivity contribution in [3.63, 3.8) is 0 Å². The zero-order valence-electron chi connectivity index (χ0n) is 8.24. The Morgan fingerprint density at radius 2 is 2.31 bits per heavy atom. The Balaban J connectivity index is 2.64. The molecule has 1 unspecified atom stereocenters. The van der Waals surface area contributed by atoms with Crippen LogP contribution in [0.1, 0.15) is 37.1 Å². The monoisotopic (exact) mass is 200 g/mol. The van der Waals surface area contributed by atoms with E-state index in [-0.39, 0.29) is 5.54 Å². The molecule has 1 atom stereocenters. The fourth-order valence-electron chi connectivity index (χ4n) is 1.14. The Kier molecular flexibility index (Phi) is 3.05. The summed E-state index contributed by atoms with van der Waals surface area (Å²) in [5.74, 6) is 0. The van der Waals surface area contributed by atoms with Crippen molar-refractivity contribution in [2.45, 2.75) is 38.8 Å². The summed E-state index contributed by atoms with van der Waals surface area (Å²) in [6.07, 6.45) is 0.000787. The van der Waals surface area contributed by atoms with Crippen LogP contribution in [0.2, 0.25) is 0 Å². The van der Waals surface area contributed by atoms with E-state index in [4.69, 9.17) is 5.73 Å². The lowest BCUT2D eigenvalue weighted by molar-refractivity contribution is 0.138. The number of hydrogen-bond donors (Lipinski definition) is 2. The van der Waals surface area contributed by atoms with Gasteiger partial charge in [-0.3, -0.25) is 0 Å². The maximum absolute atomic E-state index is 9.73. The molecular weight excluding hydrogens is 184 g/mol. The molecule has 0 bridgehead atoms. The lowest BCUT2D eigenvalue weighted by Gasteiger charge is -2.21. The lowest BCUT2D eigenvalue weighted by atomic mass is 9.97. The molecule has 0 fully saturated rings. The second kappa shape index (κ2) is 3.74. The van der Waals surface area contributed by atoms with Crippen LogP contribution >= 0.6 is 11.3 Å². The average Bonchev–Trinajstić information content (AvgIpc) is 2.31. The van der Waals surface area contributed by atoms with E-state index in [0.717, 1.165) is 10.7 Å². The van der Waals surface area contributed by atoms with Gasteiger partial charge in [-0.05, 0) is 27.2 Å². The number of aryl methyl sites for hydroxylation is 1. The number of hydrogen-bond acceptors (Lipinski definition) is 4. The van der Waals surface area contributed by atoms with Crippen LogP contribution < -0.4 is 5.73 Å². The van der Waals surface area contributed by atoms with E-state index in [1.165, 1.54) is 0 Å². The van der Waals surface area contributed by atoms with E-state index in [9.17, 15) is 5.11 Å². The summed E-state index contributed by atoms with van der Waals surface area (Å²) >= 11 is 1.55. The van der Waals surface area contributed by atoms with Crippen LogP contribution in [-0.2, 0) is 0 Å². The van der Waals surface area contributed by atoms with Gasteiger partial charge >= 0.3 is 0 Å². The van der Waals surface area contributed by atoms with Crippen molar-refractivity contribution in [3.8, 4) is 0 Å². The SMILES string of the molecule is Cc1nc(C(O)CC(C)(C)N)cs1. The second-order valence-corrected chi connectivity index (χ2v) is 5.06. The molecule has 3 nitrogen and oxygen atoms in total. The molecule has 0 aliphatic rings. The quantitative estimate of drug-likeness (QED) is 0.779. The molecule has 0 amide bonds. The van der Waals surface area contributed by atoms with Crippen LogP contribution in [0.4, 0.5) is 0 Å². The summed E-state index contributed by atoms with van der Waals surface area (Å²) < 4.78 is 0. The van der Waals surface area contributed by atoms with Gasteiger partial charge in [0.05, 0.1) is 16.8 Å². The molecule has 1 aromatic rings. The van der Waals surface area contributed by atoms with Gasteiger partial charge in [0, 0.05) is 10.9 Å². The Morgan fingerprint density at radius 3 is 2.69 bits per heavy atom. The van der Waals surface area contributed by atoms with Crippen molar-refractivity contribution in [2.24, 2.45) is 5.73 Å². The third-order valence-corrected chi connectivity index (χ3v) is 2.49. The largest absolute Gasteiger partial charge is 0.387 e. The number of nitrogens with zero attached hydrogens (tertiary/aromatic N) is 1. The van der Waals surface area contributed by atoms with Crippen LogP contribution in [0, 0.1) is 6.92 Å². The summed E-state index contributed by atoms with van der Waals surface area (Å²) in [6, 6.07) is 0. The molecule has 0 aliphatic heterocycles. The predicted molar refractivity (Wildman–Crippen MR) is 54.7 cm³/mol. The van der Waals surface area contributed by atoms with E-state index >= 15 is 0 Å². The zero-order valence-corrected chi connectivity index (χ0v) is 9.06. The molecular formula is C9H16N2OS. The van der Waals surface area contributed by atoms with Gasteiger partial charge in [0.2, 0.25) is 0 Å². The Labute approximate surface area is 82.6 Å². The molecule has 0 radical (unpaired) electrons. The minimum Gasteiger partial charge on any atom is -0.387 e. The van der Waals surface area contributed by atoms with Crippen LogP contribution in [0.3, 0.4) is 0 Å². The third-order valence-electron chi connectivity index (χ3n) is 1.70. The number of thiazole rings is 1. The zero-order chi connectivity index (χ0) is 10.1. The normalized spacial score (nSPS) is 14.5. The molecule has 1 heterocycles. The Bertz CT molecular complexity index is 277. The van der Waals surface area contributed by atoms with E-state index in [1.54, 1.807) is 11.3 Å². The number of aromatic nitrogens is 1. The molecule has 0 saturated carbocycles. The van der Waals surface area contributed by atoms with Crippen molar-refractivity contribution < 1.29 is 5.11 Å². The first kappa shape index (κ1) is 10.6. The first-order valence-corrected chi connectivity index (χ1v) is 5.15. The van der Waals surface area contributed by atoms with Crippen molar-refractivity contribution in [2.75, 3.05) is 0 Å². The standard InChI is InChI=1S/C9H16N2OS/c1-6-11-7(5-13-6)8(12)4-9(2,3)10/h5,8,12H,4,10H2,1-3H3. The first-order chi connectivity index (χ1) is 5.88. The van der Waals surface area contributed by atoms with Gasteiger partial charge in [0.25, 0.3) is 0 Å². The summed E-state index contributed by atoms with van der Waals surface area (Å²) in [5.41, 5.74) is 6.18. The van der Waals surface area contributed by atoms with Crippen molar-refractivity contribution in [3.05, 3.63) is 16.1 Å². The maximum atomic E-state index is 9.73. The van der Waals surface area contributed by atoms with Gasteiger partial charge < -0.3 is 10.8 Å². The minimum atomic E-state index is -0.537. The topological polar surface area (TPSA) is 59.1 Å². The van der Waals surface area contributed by atoms with Crippen molar-refractivity contribution in [1.29, 1.82) is 0 Å². The van der Waals surface area contributed by atoms with Gasteiger partial charge in [-0.25, -0.2) is 4.98 Å². The minimum absolute atomic E-state index is 0.350. The molecule has 0 aliphatic carbocycles. The summed E-state index contributed by atoms with van der Waals surface area (Å²) in [6.45, 7) is 5.72. The van der Waals surface area contributed by atoms with Crippen LogP contribution in [-0.4, -0.2) is 15.6 Å². The highest BCUT2D eigenvalue weighted by molar-refractivity contribution is 7.09. The number of nitrogens with two attached hydrogens (primary N) is 1. The fraction of sp³-hybridized carbons (Fsp3) is 0.667. The third kappa shape index (κ3) is 3.42. The van der Waals surface area contributed by atoms with Crippen molar-refractivity contribution >= 4 is 11.3 Å². The van der Waals surface area contributed by atoms with Gasteiger partial charge in [0.15, 0.2) is 0 Å². The van der Waals surface area contributed by atoms with E-state index < -0.39 is 6.10 Å². The number of aliphatic hydroxyl groups is 1. The van der Waals surface area contributed by atoms with E-state index in [2.05, 4.69) is 4.98 Å². The molecule has 0 aromatic carbocycles. The molecule has 3 N–H and O–H groups in total. The van der Waals surface area contributed by atoms with Gasteiger partial charge in [-0.1, -0.05) is 0 Å². The van der Waals surface area contributed by atoms with E-state index in [1.807, 2.05) is 26.2 Å². The molecule has 13 heavy (non-hydrogen) atoms. The van der Waals surface area contributed by atoms with Crippen LogP contribution in [0.25, 0.3) is 0 Å². The van der Waals surface area contributed by atoms with Gasteiger partial charge in [-0.15, -0.1) is 11.3 Å². The highest BCUT2D eigenvalue weighted by Gasteiger charge is 2.19. The molecule has 4 heteroatoms. The van der Waals surface area contributed by atoms with Gasteiger partial charge in [-0.2, -0.15) is 0 Å². The summed E-state index contributed by atoms with van der Waals surface area (Å²) in [5, 5.41) is 12.6. The fourth-order valence-corrected chi connectivity index (χ4v) is 1.80. The molecule has 1 aromatic heterocycles. The van der Waals surface area contributed by atoms with Crippen molar-refractivity contribution in [1.82, 2.24) is 4.98 Å². The van der Waals surface area contributed by atoms with E-state index in [0.29, 0.717) is 6.42 Å². The molecule has 1 rings (SSSR count). The Morgan fingerprint density at radius 1 is 1.69 bits per heavy atom. The number of aliphatic hydroxyl groups excluding tert-OH is 1. The summed E-state index contributed by atoms with van der Waals surface area (Å²) in [4.78, 5) is 4.21. The molecule has 0 saturated heterocycles. The van der Waals surface area contributed by atoms with Gasteiger partial charge in [0.1, 0.15) is 0 Å². The second-order valence-electron chi connectivity index (χ2n) is 4.00. The Hall–Kier alpha value is -0.450. The highest BCUT2D eigenvalue weighted by atomic mass is 32.1. The molecule has 0 spiro atoms.